The molecule has 29 heavy (non-hydrogen) atoms. The second-order valence-corrected chi connectivity index (χ2v) is 6.95. The lowest BCUT2D eigenvalue weighted by molar-refractivity contribution is -0.135. The minimum absolute atomic E-state index is 0.140. The Morgan fingerprint density at radius 1 is 0.931 bits per heavy atom. The molecule has 0 unspecified atom stereocenters. The predicted octanol–water partition coefficient (Wildman–Crippen LogP) is 4.66. The second kappa shape index (κ2) is 10.5. The fourth-order valence-electron chi connectivity index (χ4n) is 2.60. The molecule has 0 aliphatic rings. The molecule has 3 aromatic rings. The van der Waals surface area contributed by atoms with Crippen LogP contribution in [0, 0.1) is 0 Å². The molecule has 0 atom stereocenters. The van der Waals surface area contributed by atoms with Crippen LogP contribution in [0.3, 0.4) is 0 Å². The summed E-state index contributed by atoms with van der Waals surface area (Å²) in [5.74, 6) is 0.279. The number of carbonyl (C=O) groups excluding carboxylic acids is 1. The predicted molar refractivity (Wildman–Crippen MR) is 114 cm³/mol. The van der Waals surface area contributed by atoms with E-state index in [1.807, 2.05) is 30.3 Å². The van der Waals surface area contributed by atoms with Gasteiger partial charge in [-0.05, 0) is 48.9 Å². The smallest absolute Gasteiger partial charge is 0.361 e. The van der Waals surface area contributed by atoms with Gasteiger partial charge in [0.05, 0.1) is 11.5 Å². The van der Waals surface area contributed by atoms with E-state index >= 15 is 0 Å². The number of rotatable bonds is 10. The summed E-state index contributed by atoms with van der Waals surface area (Å²) in [5.41, 5.74) is 0.140. The van der Waals surface area contributed by atoms with Crippen molar-refractivity contribution in [2.45, 2.75) is 13.8 Å². The maximum Gasteiger partial charge on any atom is 0.361 e. The first-order chi connectivity index (χ1) is 14.2. The van der Waals surface area contributed by atoms with Gasteiger partial charge in [-0.3, -0.25) is 0 Å². The standard InChI is InChI=1S/C22H23NO5S/c1-3-25-22(24)21(23-28-4-2)19-11-12-20(29-19)27-14-13-26-18-10-9-16-7-5-6-8-17(16)15-18/h5-12,15H,3-4,13-14H2,1-2H3/b23-21+. The van der Waals surface area contributed by atoms with E-state index < -0.39 is 5.97 Å². The molecule has 0 fully saturated rings. The molecule has 2 aromatic carbocycles. The summed E-state index contributed by atoms with van der Waals surface area (Å²) in [6.45, 7) is 4.96. The molecule has 7 heteroatoms. The van der Waals surface area contributed by atoms with Crippen molar-refractivity contribution < 1.29 is 23.8 Å². The number of hydrogen-bond acceptors (Lipinski definition) is 7. The fourth-order valence-corrected chi connectivity index (χ4v) is 3.44. The van der Waals surface area contributed by atoms with E-state index in [1.54, 1.807) is 26.0 Å². The van der Waals surface area contributed by atoms with Crippen LogP contribution >= 0.6 is 11.3 Å². The summed E-state index contributed by atoms with van der Waals surface area (Å²) in [5, 5.41) is 6.85. The van der Waals surface area contributed by atoms with E-state index in [4.69, 9.17) is 19.0 Å². The van der Waals surface area contributed by atoms with E-state index in [9.17, 15) is 4.79 Å². The molecule has 0 saturated heterocycles. The Balaban J connectivity index is 1.54. The van der Waals surface area contributed by atoms with Crippen LogP contribution in [-0.2, 0) is 14.4 Å². The highest BCUT2D eigenvalue weighted by Gasteiger charge is 2.19. The number of ether oxygens (including phenoxy) is 3. The largest absolute Gasteiger partial charge is 0.490 e. The summed E-state index contributed by atoms with van der Waals surface area (Å²) in [6, 6.07) is 17.7. The van der Waals surface area contributed by atoms with Crippen molar-refractivity contribution in [1.29, 1.82) is 0 Å². The summed E-state index contributed by atoms with van der Waals surface area (Å²) in [7, 11) is 0. The zero-order chi connectivity index (χ0) is 20.5. The van der Waals surface area contributed by atoms with Crippen LogP contribution in [0.4, 0.5) is 0 Å². The van der Waals surface area contributed by atoms with E-state index in [-0.39, 0.29) is 12.3 Å². The molecule has 0 aliphatic heterocycles. The highest BCUT2D eigenvalue weighted by atomic mass is 32.1. The number of thiophene rings is 1. The van der Waals surface area contributed by atoms with Gasteiger partial charge in [-0.25, -0.2) is 4.79 Å². The van der Waals surface area contributed by atoms with Crippen LogP contribution < -0.4 is 9.47 Å². The molecular formula is C22H23NO5S. The number of benzene rings is 2. The molecule has 0 bridgehead atoms. The van der Waals surface area contributed by atoms with Crippen LogP contribution in [0.1, 0.15) is 18.7 Å². The molecule has 6 nitrogen and oxygen atoms in total. The van der Waals surface area contributed by atoms with Gasteiger partial charge >= 0.3 is 5.97 Å². The Morgan fingerprint density at radius 3 is 2.52 bits per heavy atom. The lowest BCUT2D eigenvalue weighted by Gasteiger charge is -2.08. The van der Waals surface area contributed by atoms with Crippen molar-refractivity contribution in [3.8, 4) is 10.8 Å². The monoisotopic (exact) mass is 413 g/mol. The molecular weight excluding hydrogens is 390 g/mol. The van der Waals surface area contributed by atoms with E-state index in [2.05, 4.69) is 17.3 Å². The highest BCUT2D eigenvalue weighted by Crippen LogP contribution is 2.26. The highest BCUT2D eigenvalue weighted by molar-refractivity contribution is 7.16. The van der Waals surface area contributed by atoms with Gasteiger partial charge in [0.15, 0.2) is 5.06 Å². The number of oxime groups is 1. The zero-order valence-electron chi connectivity index (χ0n) is 16.4. The zero-order valence-corrected chi connectivity index (χ0v) is 17.2. The first-order valence-corrected chi connectivity index (χ1v) is 10.2. The maximum absolute atomic E-state index is 12.1. The summed E-state index contributed by atoms with van der Waals surface area (Å²) in [6.07, 6.45) is 0. The van der Waals surface area contributed by atoms with E-state index in [1.165, 1.54) is 16.7 Å². The Labute approximate surface area is 173 Å². The second-order valence-electron chi connectivity index (χ2n) is 5.90. The number of fused-ring (bicyclic) bond motifs is 1. The average Bonchev–Trinajstić information content (AvgIpc) is 3.20. The Bertz CT molecular complexity index is 982. The quantitative estimate of drug-likeness (QED) is 0.209. The lowest BCUT2D eigenvalue weighted by Crippen LogP contribution is -2.18. The summed E-state index contributed by atoms with van der Waals surface area (Å²) >= 11 is 1.30. The first kappa shape index (κ1) is 20.7. The van der Waals surface area contributed by atoms with Crippen molar-refractivity contribution >= 4 is 33.8 Å². The van der Waals surface area contributed by atoms with Gasteiger partial charge in [-0.1, -0.05) is 46.8 Å². The minimum Gasteiger partial charge on any atom is -0.490 e. The van der Waals surface area contributed by atoms with Gasteiger partial charge in [0.1, 0.15) is 25.6 Å². The first-order valence-electron chi connectivity index (χ1n) is 9.43. The molecule has 0 radical (unpaired) electrons. The minimum atomic E-state index is -0.519. The molecule has 0 saturated carbocycles. The number of esters is 1. The Hall–Kier alpha value is -3.06. The normalized spacial score (nSPS) is 11.3. The molecule has 0 spiro atoms. The van der Waals surface area contributed by atoms with Crippen LogP contribution in [0.25, 0.3) is 10.8 Å². The molecule has 1 heterocycles. The topological polar surface area (TPSA) is 66.4 Å². The van der Waals surface area contributed by atoms with Crippen molar-refractivity contribution in [2.24, 2.45) is 5.16 Å². The van der Waals surface area contributed by atoms with Crippen LogP contribution in [-0.4, -0.2) is 38.1 Å². The van der Waals surface area contributed by atoms with Gasteiger partial charge in [-0.2, -0.15) is 0 Å². The lowest BCUT2D eigenvalue weighted by atomic mass is 10.1. The number of carbonyl (C=O) groups is 1. The van der Waals surface area contributed by atoms with E-state index in [0.29, 0.717) is 29.8 Å². The third-order valence-corrected chi connectivity index (χ3v) is 4.89. The maximum atomic E-state index is 12.1. The van der Waals surface area contributed by atoms with Crippen molar-refractivity contribution in [3.63, 3.8) is 0 Å². The van der Waals surface area contributed by atoms with E-state index in [0.717, 1.165) is 11.1 Å². The number of nitrogens with zero attached hydrogens (tertiary/aromatic N) is 1. The molecule has 0 N–H and O–H groups in total. The molecule has 3 rings (SSSR count). The van der Waals surface area contributed by atoms with Crippen molar-refractivity contribution in [1.82, 2.24) is 0 Å². The third-order valence-electron chi connectivity index (χ3n) is 3.89. The van der Waals surface area contributed by atoms with Gasteiger partial charge < -0.3 is 19.0 Å². The van der Waals surface area contributed by atoms with Crippen molar-refractivity contribution in [3.05, 3.63) is 59.5 Å². The molecule has 0 aliphatic carbocycles. The Kier molecular flexibility index (Phi) is 7.47. The molecule has 152 valence electrons. The van der Waals surface area contributed by atoms with Gasteiger partial charge in [0.2, 0.25) is 5.71 Å². The van der Waals surface area contributed by atoms with Gasteiger partial charge in [0, 0.05) is 0 Å². The molecule has 0 amide bonds. The Morgan fingerprint density at radius 2 is 1.72 bits per heavy atom. The van der Waals surface area contributed by atoms with Crippen LogP contribution in [0.15, 0.2) is 59.8 Å². The summed E-state index contributed by atoms with van der Waals surface area (Å²) < 4.78 is 16.5. The SMILES string of the molecule is CCO/N=C(/C(=O)OCC)c1ccc(OCCOc2ccc3ccccc3c2)s1. The van der Waals surface area contributed by atoms with Crippen LogP contribution in [0.5, 0.6) is 10.8 Å². The van der Waals surface area contributed by atoms with Gasteiger partial charge in [-0.15, -0.1) is 0 Å². The fraction of sp³-hybridized carbons (Fsp3) is 0.273. The third kappa shape index (κ3) is 5.71. The van der Waals surface area contributed by atoms with Crippen molar-refractivity contribution in [2.75, 3.05) is 26.4 Å². The van der Waals surface area contributed by atoms with Crippen LogP contribution in [0.2, 0.25) is 0 Å². The van der Waals surface area contributed by atoms with Gasteiger partial charge in [0.25, 0.3) is 0 Å². The summed E-state index contributed by atoms with van der Waals surface area (Å²) in [4.78, 5) is 17.7. The average molecular weight is 413 g/mol. The molecule has 1 aromatic heterocycles. The number of hydrogen-bond donors (Lipinski definition) is 0.